The van der Waals surface area contributed by atoms with E-state index in [0.29, 0.717) is 17.7 Å². The summed E-state index contributed by atoms with van der Waals surface area (Å²) in [6.07, 6.45) is 2.64. The molecule has 2 rings (SSSR count). The second kappa shape index (κ2) is 6.36. The molecule has 1 aromatic heterocycles. The summed E-state index contributed by atoms with van der Waals surface area (Å²) in [7, 11) is 3.93. The maximum atomic E-state index is 6.10. The summed E-state index contributed by atoms with van der Waals surface area (Å²) in [4.78, 5) is 6.71. The molecule has 1 atom stereocenters. The molecule has 0 bridgehead atoms. The van der Waals surface area contributed by atoms with Crippen LogP contribution in [0.4, 0.5) is 5.82 Å². The van der Waals surface area contributed by atoms with Gasteiger partial charge in [-0.15, -0.1) is 0 Å². The summed E-state index contributed by atoms with van der Waals surface area (Å²) in [5.74, 6) is 0.945. The van der Waals surface area contributed by atoms with Gasteiger partial charge in [-0.25, -0.2) is 4.98 Å². The lowest BCUT2D eigenvalue weighted by Crippen LogP contribution is -2.29. The van der Waals surface area contributed by atoms with Crippen LogP contribution in [0.15, 0.2) is 12.1 Å². The van der Waals surface area contributed by atoms with E-state index in [9.17, 15) is 0 Å². The molecule has 1 aromatic rings. The highest BCUT2D eigenvalue weighted by molar-refractivity contribution is 6.31. The van der Waals surface area contributed by atoms with Crippen LogP contribution in [0.5, 0.6) is 0 Å². The van der Waals surface area contributed by atoms with E-state index in [1.54, 1.807) is 0 Å². The third-order valence-electron chi connectivity index (χ3n) is 3.14. The minimum Gasteiger partial charge on any atom is -0.376 e. The Hall–Kier alpha value is -0.840. The van der Waals surface area contributed by atoms with E-state index < -0.39 is 0 Å². The molecule has 0 aromatic carbocycles. The number of halogens is 1. The maximum absolute atomic E-state index is 6.10. The minimum atomic E-state index is 0.334. The summed E-state index contributed by atoms with van der Waals surface area (Å²) in [5.41, 5.74) is 0.885. The molecule has 0 radical (unpaired) electrons. The smallest absolute Gasteiger partial charge is 0.128 e. The zero-order valence-corrected chi connectivity index (χ0v) is 11.7. The molecule has 0 saturated carbocycles. The standard InChI is InChI=1S/C13H20ClN3O/c1-15-8-12-11(14)5-6-13(16-12)17(2)9-10-4-3-7-18-10/h5-6,10,15H,3-4,7-9H2,1-2H3. The van der Waals surface area contributed by atoms with Crippen LogP contribution in [-0.2, 0) is 11.3 Å². The number of aromatic nitrogens is 1. The SMILES string of the molecule is CNCc1nc(N(C)CC2CCCO2)ccc1Cl. The molecule has 5 heteroatoms. The highest BCUT2D eigenvalue weighted by atomic mass is 35.5. The Bertz CT molecular complexity index is 394. The van der Waals surface area contributed by atoms with Crippen molar-refractivity contribution in [2.24, 2.45) is 0 Å². The first-order valence-corrected chi connectivity index (χ1v) is 6.71. The van der Waals surface area contributed by atoms with Gasteiger partial charge in [0.1, 0.15) is 5.82 Å². The second-order valence-corrected chi connectivity index (χ2v) is 5.05. The molecule has 1 fully saturated rings. The van der Waals surface area contributed by atoms with Crippen LogP contribution < -0.4 is 10.2 Å². The summed E-state index contributed by atoms with van der Waals surface area (Å²) < 4.78 is 5.64. The predicted octanol–water partition coefficient (Wildman–Crippen LogP) is 2.07. The van der Waals surface area contributed by atoms with Crippen molar-refractivity contribution in [2.75, 3.05) is 32.1 Å². The zero-order chi connectivity index (χ0) is 13.0. The van der Waals surface area contributed by atoms with E-state index in [-0.39, 0.29) is 0 Å². The molecule has 1 saturated heterocycles. The molecule has 0 amide bonds. The van der Waals surface area contributed by atoms with Gasteiger partial charge >= 0.3 is 0 Å². The van der Waals surface area contributed by atoms with E-state index in [2.05, 4.69) is 15.2 Å². The van der Waals surface area contributed by atoms with Crippen LogP contribution in [0.2, 0.25) is 5.02 Å². The van der Waals surface area contributed by atoms with Crippen LogP contribution in [0, 0.1) is 0 Å². The molecule has 1 aliphatic heterocycles. The fraction of sp³-hybridized carbons (Fsp3) is 0.615. The van der Waals surface area contributed by atoms with Crippen molar-refractivity contribution in [1.82, 2.24) is 10.3 Å². The Morgan fingerprint density at radius 1 is 1.56 bits per heavy atom. The number of likely N-dealkylation sites (N-methyl/N-ethyl adjacent to an activating group) is 1. The molecule has 2 heterocycles. The Balaban J connectivity index is 2.04. The molecule has 1 N–H and O–H groups in total. The first kappa shape index (κ1) is 13.6. The van der Waals surface area contributed by atoms with Crippen molar-refractivity contribution in [3.63, 3.8) is 0 Å². The van der Waals surface area contributed by atoms with Crippen molar-refractivity contribution in [3.8, 4) is 0 Å². The first-order valence-electron chi connectivity index (χ1n) is 6.33. The van der Waals surface area contributed by atoms with Gasteiger partial charge in [0.25, 0.3) is 0 Å². The Labute approximate surface area is 113 Å². The van der Waals surface area contributed by atoms with Crippen molar-refractivity contribution < 1.29 is 4.74 Å². The topological polar surface area (TPSA) is 37.4 Å². The third-order valence-corrected chi connectivity index (χ3v) is 3.48. The molecular weight excluding hydrogens is 250 g/mol. The number of hydrogen-bond acceptors (Lipinski definition) is 4. The van der Waals surface area contributed by atoms with E-state index >= 15 is 0 Å². The highest BCUT2D eigenvalue weighted by Gasteiger charge is 2.18. The number of rotatable bonds is 5. The summed E-state index contributed by atoms with van der Waals surface area (Å²) >= 11 is 6.10. The predicted molar refractivity (Wildman–Crippen MR) is 74.3 cm³/mol. The molecular formula is C13H20ClN3O. The monoisotopic (exact) mass is 269 g/mol. The van der Waals surface area contributed by atoms with Crippen LogP contribution in [0.3, 0.4) is 0 Å². The first-order chi connectivity index (χ1) is 8.70. The minimum absolute atomic E-state index is 0.334. The van der Waals surface area contributed by atoms with Crippen LogP contribution in [0.1, 0.15) is 18.5 Å². The van der Waals surface area contributed by atoms with Crippen molar-refractivity contribution in [2.45, 2.75) is 25.5 Å². The van der Waals surface area contributed by atoms with Gasteiger partial charge < -0.3 is 15.0 Å². The number of nitrogens with one attached hydrogen (secondary N) is 1. The van der Waals surface area contributed by atoms with Crippen molar-refractivity contribution >= 4 is 17.4 Å². The average molecular weight is 270 g/mol. The second-order valence-electron chi connectivity index (χ2n) is 4.64. The largest absolute Gasteiger partial charge is 0.376 e. The van der Waals surface area contributed by atoms with Gasteiger partial charge in [0.15, 0.2) is 0 Å². The van der Waals surface area contributed by atoms with Crippen LogP contribution in [-0.4, -0.2) is 38.3 Å². The normalized spacial score (nSPS) is 19.2. The van der Waals surface area contributed by atoms with E-state index in [1.165, 1.54) is 0 Å². The number of hydrogen-bond donors (Lipinski definition) is 1. The van der Waals surface area contributed by atoms with E-state index in [4.69, 9.17) is 16.3 Å². The molecule has 0 spiro atoms. The lowest BCUT2D eigenvalue weighted by atomic mass is 10.2. The molecule has 1 unspecified atom stereocenters. The Morgan fingerprint density at radius 3 is 3.06 bits per heavy atom. The van der Waals surface area contributed by atoms with Gasteiger partial charge in [0.05, 0.1) is 16.8 Å². The molecule has 0 aliphatic carbocycles. The Kier molecular flexibility index (Phi) is 4.80. The number of pyridine rings is 1. The average Bonchev–Trinajstić information content (AvgIpc) is 2.85. The quantitative estimate of drug-likeness (QED) is 0.888. The summed E-state index contributed by atoms with van der Waals surface area (Å²) in [6, 6.07) is 3.86. The van der Waals surface area contributed by atoms with Gasteiger partial charge in [0, 0.05) is 26.7 Å². The number of nitrogens with zero attached hydrogens (tertiary/aromatic N) is 2. The van der Waals surface area contributed by atoms with Crippen LogP contribution >= 0.6 is 11.6 Å². The molecule has 4 nitrogen and oxygen atoms in total. The molecule has 100 valence electrons. The number of ether oxygens (including phenoxy) is 1. The van der Waals surface area contributed by atoms with Crippen molar-refractivity contribution in [3.05, 3.63) is 22.8 Å². The van der Waals surface area contributed by atoms with Gasteiger partial charge in [0.2, 0.25) is 0 Å². The fourth-order valence-corrected chi connectivity index (χ4v) is 2.34. The van der Waals surface area contributed by atoms with Gasteiger partial charge in [-0.3, -0.25) is 0 Å². The van der Waals surface area contributed by atoms with Gasteiger partial charge in [-0.1, -0.05) is 11.6 Å². The van der Waals surface area contributed by atoms with E-state index in [1.807, 2.05) is 26.2 Å². The zero-order valence-electron chi connectivity index (χ0n) is 10.9. The van der Waals surface area contributed by atoms with Gasteiger partial charge in [-0.2, -0.15) is 0 Å². The maximum Gasteiger partial charge on any atom is 0.128 e. The van der Waals surface area contributed by atoms with Crippen LogP contribution in [0.25, 0.3) is 0 Å². The molecule has 18 heavy (non-hydrogen) atoms. The van der Waals surface area contributed by atoms with E-state index in [0.717, 1.165) is 37.5 Å². The summed E-state index contributed by atoms with van der Waals surface area (Å²) in [6.45, 7) is 2.45. The third kappa shape index (κ3) is 3.34. The number of anilines is 1. The molecule has 1 aliphatic rings. The van der Waals surface area contributed by atoms with Crippen molar-refractivity contribution in [1.29, 1.82) is 0 Å². The lowest BCUT2D eigenvalue weighted by molar-refractivity contribution is 0.116. The highest BCUT2D eigenvalue weighted by Crippen LogP contribution is 2.20. The van der Waals surface area contributed by atoms with Gasteiger partial charge in [-0.05, 0) is 32.0 Å². The lowest BCUT2D eigenvalue weighted by Gasteiger charge is -2.22. The fourth-order valence-electron chi connectivity index (χ4n) is 2.16. The Morgan fingerprint density at radius 2 is 2.39 bits per heavy atom. The summed E-state index contributed by atoms with van der Waals surface area (Å²) in [5, 5.41) is 3.78.